The van der Waals surface area contributed by atoms with Crippen LogP contribution in [0.3, 0.4) is 0 Å². The molecule has 1 atom stereocenters. The minimum absolute atomic E-state index is 0.362. The molecule has 0 aliphatic rings. The summed E-state index contributed by atoms with van der Waals surface area (Å²) in [6.07, 6.45) is 3.13. The molecule has 106 valence electrons. The van der Waals surface area contributed by atoms with Crippen molar-refractivity contribution in [2.24, 2.45) is 0 Å². The van der Waals surface area contributed by atoms with Gasteiger partial charge in [-0.05, 0) is 50.6 Å². The molecule has 0 bridgehead atoms. The number of nitrogens with zero attached hydrogens (tertiary/aromatic N) is 1. The van der Waals surface area contributed by atoms with Gasteiger partial charge in [-0.15, -0.1) is 0 Å². The maximum atomic E-state index is 4.55. The van der Waals surface area contributed by atoms with Crippen LogP contribution < -0.4 is 5.32 Å². The fourth-order valence-electron chi connectivity index (χ4n) is 1.91. The second kappa shape index (κ2) is 7.46. The maximum absolute atomic E-state index is 4.55. The fourth-order valence-corrected chi connectivity index (χ4v) is 2.67. The van der Waals surface area contributed by atoms with E-state index in [1.54, 1.807) is 11.8 Å². The maximum Gasteiger partial charge on any atom is 0.101 e. The van der Waals surface area contributed by atoms with Crippen molar-refractivity contribution in [1.82, 2.24) is 10.3 Å². The van der Waals surface area contributed by atoms with Crippen molar-refractivity contribution in [2.75, 3.05) is 6.54 Å². The highest BCUT2D eigenvalue weighted by molar-refractivity contribution is 7.99. The Labute approximate surface area is 126 Å². The first-order chi connectivity index (χ1) is 9.69. The summed E-state index contributed by atoms with van der Waals surface area (Å²) >= 11 is 1.70. The summed E-state index contributed by atoms with van der Waals surface area (Å²) in [5.74, 6) is 0. The molecule has 0 aliphatic carbocycles. The number of benzene rings is 1. The molecule has 20 heavy (non-hydrogen) atoms. The lowest BCUT2D eigenvalue weighted by Gasteiger charge is -2.13. The van der Waals surface area contributed by atoms with Gasteiger partial charge in [0.1, 0.15) is 5.03 Å². The molecule has 0 radical (unpaired) electrons. The van der Waals surface area contributed by atoms with Gasteiger partial charge >= 0.3 is 0 Å². The molecule has 1 aromatic carbocycles. The molecule has 3 heteroatoms. The van der Waals surface area contributed by atoms with Crippen LogP contribution >= 0.6 is 11.8 Å². The van der Waals surface area contributed by atoms with Crippen molar-refractivity contribution in [3.63, 3.8) is 0 Å². The smallest absolute Gasteiger partial charge is 0.101 e. The predicted molar refractivity (Wildman–Crippen MR) is 86.2 cm³/mol. The van der Waals surface area contributed by atoms with E-state index in [0.29, 0.717) is 6.04 Å². The number of hydrogen-bond acceptors (Lipinski definition) is 3. The van der Waals surface area contributed by atoms with Crippen LogP contribution in [0.5, 0.6) is 0 Å². The van der Waals surface area contributed by atoms with Crippen molar-refractivity contribution in [2.45, 2.75) is 43.2 Å². The third kappa shape index (κ3) is 4.36. The Morgan fingerprint density at radius 1 is 1.15 bits per heavy atom. The zero-order valence-electron chi connectivity index (χ0n) is 12.4. The normalized spacial score (nSPS) is 12.3. The van der Waals surface area contributed by atoms with E-state index >= 15 is 0 Å². The SMILES string of the molecule is CCCNC(C)c1ccc(Sc2ccc(C)cc2)nc1. The molecule has 1 unspecified atom stereocenters. The molecular weight excluding hydrogens is 264 g/mol. The van der Waals surface area contributed by atoms with Gasteiger partial charge in [-0.25, -0.2) is 4.98 Å². The lowest BCUT2D eigenvalue weighted by molar-refractivity contribution is 0.568. The number of aromatic nitrogens is 1. The topological polar surface area (TPSA) is 24.9 Å². The van der Waals surface area contributed by atoms with Crippen LogP contribution in [0.1, 0.15) is 37.4 Å². The number of rotatable bonds is 6. The van der Waals surface area contributed by atoms with Crippen LogP contribution in [0.15, 0.2) is 52.5 Å². The number of nitrogens with one attached hydrogen (secondary N) is 1. The molecular formula is C17H22N2S. The van der Waals surface area contributed by atoms with Gasteiger partial charge in [0.05, 0.1) is 0 Å². The second-order valence-corrected chi connectivity index (χ2v) is 6.11. The number of pyridine rings is 1. The van der Waals surface area contributed by atoms with E-state index in [4.69, 9.17) is 0 Å². The van der Waals surface area contributed by atoms with Crippen LogP contribution in [-0.4, -0.2) is 11.5 Å². The highest BCUT2D eigenvalue weighted by Gasteiger charge is 2.05. The number of aryl methyl sites for hydroxylation is 1. The Bertz CT molecular complexity index is 520. The Kier molecular flexibility index (Phi) is 5.62. The van der Waals surface area contributed by atoms with E-state index in [1.165, 1.54) is 16.0 Å². The van der Waals surface area contributed by atoms with Gasteiger partial charge in [-0.2, -0.15) is 0 Å². The Morgan fingerprint density at radius 2 is 1.90 bits per heavy atom. The summed E-state index contributed by atoms with van der Waals surface area (Å²) in [6.45, 7) is 7.51. The second-order valence-electron chi connectivity index (χ2n) is 5.02. The lowest BCUT2D eigenvalue weighted by Crippen LogP contribution is -2.19. The lowest BCUT2D eigenvalue weighted by atomic mass is 10.1. The minimum atomic E-state index is 0.362. The van der Waals surface area contributed by atoms with E-state index < -0.39 is 0 Å². The molecule has 0 saturated heterocycles. The zero-order valence-corrected chi connectivity index (χ0v) is 13.2. The van der Waals surface area contributed by atoms with Crippen molar-refractivity contribution in [3.05, 3.63) is 53.7 Å². The van der Waals surface area contributed by atoms with Crippen LogP contribution in [0, 0.1) is 6.92 Å². The average molecular weight is 286 g/mol. The molecule has 0 fully saturated rings. The molecule has 0 amide bonds. The van der Waals surface area contributed by atoms with E-state index in [1.807, 2.05) is 6.20 Å². The summed E-state index contributed by atoms with van der Waals surface area (Å²) in [7, 11) is 0. The first-order valence-corrected chi connectivity index (χ1v) is 7.94. The molecule has 2 rings (SSSR count). The third-order valence-corrected chi connectivity index (χ3v) is 4.16. The molecule has 0 aliphatic heterocycles. The van der Waals surface area contributed by atoms with Crippen LogP contribution in [0.2, 0.25) is 0 Å². The van der Waals surface area contributed by atoms with Crippen molar-refractivity contribution in [1.29, 1.82) is 0 Å². The van der Waals surface area contributed by atoms with Crippen molar-refractivity contribution < 1.29 is 0 Å². The summed E-state index contributed by atoms with van der Waals surface area (Å²) in [5, 5.41) is 4.52. The molecule has 2 aromatic rings. The summed E-state index contributed by atoms with van der Waals surface area (Å²) in [5.41, 5.74) is 2.53. The molecule has 1 N–H and O–H groups in total. The first-order valence-electron chi connectivity index (χ1n) is 7.13. The molecule has 0 spiro atoms. The number of hydrogen-bond donors (Lipinski definition) is 1. The van der Waals surface area contributed by atoms with E-state index in [-0.39, 0.29) is 0 Å². The molecule has 1 aromatic heterocycles. The van der Waals surface area contributed by atoms with Crippen LogP contribution in [0.4, 0.5) is 0 Å². The van der Waals surface area contributed by atoms with Crippen molar-refractivity contribution >= 4 is 11.8 Å². The monoisotopic (exact) mass is 286 g/mol. The Balaban J connectivity index is 1.99. The van der Waals surface area contributed by atoms with Gasteiger partial charge in [-0.3, -0.25) is 0 Å². The van der Waals surface area contributed by atoms with Gasteiger partial charge in [0.25, 0.3) is 0 Å². The van der Waals surface area contributed by atoms with Gasteiger partial charge < -0.3 is 5.32 Å². The van der Waals surface area contributed by atoms with Gasteiger partial charge in [0, 0.05) is 17.1 Å². The van der Waals surface area contributed by atoms with Gasteiger partial charge in [-0.1, -0.05) is 42.4 Å². The largest absolute Gasteiger partial charge is 0.310 e. The summed E-state index contributed by atoms with van der Waals surface area (Å²) in [4.78, 5) is 5.78. The third-order valence-electron chi connectivity index (χ3n) is 3.20. The quantitative estimate of drug-likeness (QED) is 0.840. The predicted octanol–water partition coefficient (Wildman–Crippen LogP) is 4.60. The Morgan fingerprint density at radius 3 is 2.50 bits per heavy atom. The standard InChI is InChI=1S/C17H22N2S/c1-4-11-18-14(3)15-7-10-17(19-12-15)20-16-8-5-13(2)6-9-16/h5-10,12,14,18H,4,11H2,1-3H3. The zero-order chi connectivity index (χ0) is 14.4. The molecule has 2 nitrogen and oxygen atoms in total. The Hall–Kier alpha value is -1.32. The summed E-state index contributed by atoms with van der Waals surface area (Å²) < 4.78 is 0. The fraction of sp³-hybridized carbons (Fsp3) is 0.353. The van der Waals surface area contributed by atoms with Gasteiger partial charge in [0.2, 0.25) is 0 Å². The van der Waals surface area contributed by atoms with E-state index in [2.05, 4.69) is 67.5 Å². The van der Waals surface area contributed by atoms with E-state index in [9.17, 15) is 0 Å². The molecule has 1 heterocycles. The highest BCUT2D eigenvalue weighted by Crippen LogP contribution is 2.26. The molecule has 0 saturated carbocycles. The first kappa shape index (κ1) is 15.1. The highest BCUT2D eigenvalue weighted by atomic mass is 32.2. The summed E-state index contributed by atoms with van der Waals surface area (Å²) in [6, 6.07) is 13.2. The van der Waals surface area contributed by atoms with E-state index in [0.717, 1.165) is 18.0 Å². The van der Waals surface area contributed by atoms with Crippen LogP contribution in [-0.2, 0) is 0 Å². The van der Waals surface area contributed by atoms with Gasteiger partial charge in [0.15, 0.2) is 0 Å². The average Bonchev–Trinajstić information content (AvgIpc) is 2.48. The van der Waals surface area contributed by atoms with Crippen molar-refractivity contribution in [3.8, 4) is 0 Å². The minimum Gasteiger partial charge on any atom is -0.310 e. The van der Waals surface area contributed by atoms with Crippen LogP contribution in [0.25, 0.3) is 0 Å².